The van der Waals surface area contributed by atoms with Crippen LogP contribution < -0.4 is 5.32 Å². The zero-order chi connectivity index (χ0) is 14.7. The van der Waals surface area contributed by atoms with Crippen molar-refractivity contribution in [3.63, 3.8) is 0 Å². The van der Waals surface area contributed by atoms with E-state index in [1.807, 2.05) is 0 Å². The molecule has 0 saturated carbocycles. The molecule has 2 aromatic carbocycles. The van der Waals surface area contributed by atoms with Gasteiger partial charge in [-0.25, -0.2) is 0 Å². The Morgan fingerprint density at radius 1 is 1.05 bits per heavy atom. The molecule has 0 spiro atoms. The van der Waals surface area contributed by atoms with Gasteiger partial charge < -0.3 is 9.88 Å². The van der Waals surface area contributed by atoms with Crippen LogP contribution in [0.25, 0.3) is 10.9 Å². The van der Waals surface area contributed by atoms with Crippen molar-refractivity contribution in [2.75, 3.05) is 6.54 Å². The van der Waals surface area contributed by atoms with Crippen molar-refractivity contribution < 1.29 is 0 Å². The minimum atomic E-state index is 0.885. The Morgan fingerprint density at radius 2 is 1.81 bits per heavy atom. The maximum Gasteiger partial charge on any atom is 0.0490 e. The van der Waals surface area contributed by atoms with Crippen LogP contribution in [-0.2, 0) is 13.1 Å². The molecule has 0 saturated heterocycles. The van der Waals surface area contributed by atoms with Gasteiger partial charge in [0.15, 0.2) is 0 Å². The van der Waals surface area contributed by atoms with Gasteiger partial charge in [-0.1, -0.05) is 59.3 Å². The van der Waals surface area contributed by atoms with Crippen molar-refractivity contribution in [1.82, 2.24) is 9.88 Å². The third-order valence-electron chi connectivity index (χ3n) is 3.74. The van der Waals surface area contributed by atoms with Crippen molar-refractivity contribution in [3.05, 3.63) is 70.3 Å². The SMILES string of the molecule is CCNCc1cc2ccccc2n1Cc1ccccc1Br. The standard InChI is InChI=1S/C18H19BrN2/c1-2-20-12-16-11-14-7-4-6-10-18(14)21(16)13-15-8-3-5-9-17(15)19/h3-11,20H,2,12-13H2,1H3. The highest BCUT2D eigenvalue weighted by atomic mass is 79.9. The van der Waals surface area contributed by atoms with Crippen LogP contribution in [0.2, 0.25) is 0 Å². The number of para-hydroxylation sites is 1. The third kappa shape index (κ3) is 3.04. The summed E-state index contributed by atoms with van der Waals surface area (Å²) in [5, 5.41) is 4.74. The maximum atomic E-state index is 3.65. The maximum absolute atomic E-state index is 3.65. The van der Waals surface area contributed by atoms with Crippen molar-refractivity contribution in [2.45, 2.75) is 20.0 Å². The molecule has 0 aliphatic carbocycles. The predicted octanol–water partition coefficient (Wildman–Crippen LogP) is 4.56. The van der Waals surface area contributed by atoms with Crippen LogP contribution in [0.3, 0.4) is 0 Å². The van der Waals surface area contributed by atoms with Gasteiger partial charge in [0.25, 0.3) is 0 Å². The van der Waals surface area contributed by atoms with E-state index < -0.39 is 0 Å². The summed E-state index contributed by atoms with van der Waals surface area (Å²) in [5.74, 6) is 0. The van der Waals surface area contributed by atoms with E-state index in [9.17, 15) is 0 Å². The van der Waals surface area contributed by atoms with Crippen LogP contribution >= 0.6 is 15.9 Å². The molecule has 2 nitrogen and oxygen atoms in total. The lowest BCUT2D eigenvalue weighted by molar-refractivity contribution is 0.666. The molecule has 1 heterocycles. The fraction of sp³-hybridized carbons (Fsp3) is 0.222. The first-order chi connectivity index (χ1) is 10.3. The minimum Gasteiger partial charge on any atom is -0.339 e. The van der Waals surface area contributed by atoms with E-state index in [-0.39, 0.29) is 0 Å². The summed E-state index contributed by atoms with van der Waals surface area (Å²) < 4.78 is 3.56. The number of nitrogens with zero attached hydrogens (tertiary/aromatic N) is 1. The summed E-state index contributed by atoms with van der Waals surface area (Å²) in [5.41, 5.74) is 3.92. The van der Waals surface area contributed by atoms with Gasteiger partial charge in [-0.15, -0.1) is 0 Å². The lowest BCUT2D eigenvalue weighted by Gasteiger charge is -2.12. The van der Waals surface area contributed by atoms with E-state index in [2.05, 4.69) is 87.3 Å². The second-order valence-corrected chi connectivity index (χ2v) is 6.01. The number of hydrogen-bond donors (Lipinski definition) is 1. The molecule has 0 fully saturated rings. The van der Waals surface area contributed by atoms with Crippen LogP contribution in [0.15, 0.2) is 59.1 Å². The zero-order valence-electron chi connectivity index (χ0n) is 12.1. The molecule has 3 aromatic rings. The Kier molecular flexibility index (Phi) is 4.42. The van der Waals surface area contributed by atoms with Crippen molar-refractivity contribution in [3.8, 4) is 0 Å². The molecule has 0 bridgehead atoms. The summed E-state index contributed by atoms with van der Waals surface area (Å²) >= 11 is 3.65. The molecule has 108 valence electrons. The Labute approximate surface area is 133 Å². The molecule has 1 N–H and O–H groups in total. The topological polar surface area (TPSA) is 17.0 Å². The van der Waals surface area contributed by atoms with E-state index >= 15 is 0 Å². The van der Waals surface area contributed by atoms with Crippen molar-refractivity contribution in [2.24, 2.45) is 0 Å². The molecule has 0 amide bonds. The molecule has 0 aliphatic heterocycles. The van der Waals surface area contributed by atoms with Crippen molar-refractivity contribution in [1.29, 1.82) is 0 Å². The first-order valence-corrected chi connectivity index (χ1v) is 8.10. The highest BCUT2D eigenvalue weighted by Crippen LogP contribution is 2.24. The van der Waals surface area contributed by atoms with Crippen LogP contribution in [0.5, 0.6) is 0 Å². The van der Waals surface area contributed by atoms with E-state index in [0.29, 0.717) is 0 Å². The Hall–Kier alpha value is -1.58. The Morgan fingerprint density at radius 3 is 2.62 bits per heavy atom. The highest BCUT2D eigenvalue weighted by Gasteiger charge is 2.09. The van der Waals surface area contributed by atoms with E-state index in [1.54, 1.807) is 0 Å². The average Bonchev–Trinajstić information content (AvgIpc) is 2.85. The minimum absolute atomic E-state index is 0.885. The van der Waals surface area contributed by atoms with E-state index in [1.165, 1.54) is 22.2 Å². The largest absolute Gasteiger partial charge is 0.339 e. The first kappa shape index (κ1) is 14.4. The Balaban J connectivity index is 2.04. The molecule has 3 heteroatoms. The van der Waals surface area contributed by atoms with Gasteiger partial charge in [-0.2, -0.15) is 0 Å². The molecule has 0 aliphatic rings. The quantitative estimate of drug-likeness (QED) is 0.719. The van der Waals surface area contributed by atoms with Gasteiger partial charge in [0.1, 0.15) is 0 Å². The fourth-order valence-electron chi connectivity index (χ4n) is 2.65. The molecule has 1 aromatic heterocycles. The number of rotatable bonds is 5. The zero-order valence-corrected chi connectivity index (χ0v) is 13.7. The van der Waals surface area contributed by atoms with Crippen LogP contribution in [0.4, 0.5) is 0 Å². The summed E-state index contributed by atoms with van der Waals surface area (Å²) in [7, 11) is 0. The second kappa shape index (κ2) is 6.46. The molecule has 0 radical (unpaired) electrons. The Bertz CT molecular complexity index is 746. The summed E-state index contributed by atoms with van der Waals surface area (Å²) in [6.07, 6.45) is 0. The number of fused-ring (bicyclic) bond motifs is 1. The van der Waals surface area contributed by atoms with Gasteiger partial charge >= 0.3 is 0 Å². The predicted molar refractivity (Wildman–Crippen MR) is 92.6 cm³/mol. The number of halogens is 1. The fourth-order valence-corrected chi connectivity index (χ4v) is 3.06. The second-order valence-electron chi connectivity index (χ2n) is 5.15. The van der Waals surface area contributed by atoms with Crippen LogP contribution in [-0.4, -0.2) is 11.1 Å². The average molecular weight is 343 g/mol. The van der Waals surface area contributed by atoms with Crippen LogP contribution in [0.1, 0.15) is 18.2 Å². The van der Waals surface area contributed by atoms with Crippen molar-refractivity contribution >= 4 is 26.8 Å². The lowest BCUT2D eigenvalue weighted by Crippen LogP contribution is -2.15. The third-order valence-corrected chi connectivity index (χ3v) is 4.51. The van der Waals surface area contributed by atoms with E-state index in [0.717, 1.165) is 24.1 Å². The summed E-state index contributed by atoms with van der Waals surface area (Å²) in [6.45, 7) is 4.91. The molecule has 3 rings (SSSR count). The molecule has 0 atom stereocenters. The smallest absolute Gasteiger partial charge is 0.0490 e. The monoisotopic (exact) mass is 342 g/mol. The molecular formula is C18H19BrN2. The first-order valence-electron chi connectivity index (χ1n) is 7.31. The van der Waals surface area contributed by atoms with Gasteiger partial charge in [0, 0.05) is 28.8 Å². The number of hydrogen-bond acceptors (Lipinski definition) is 1. The van der Waals surface area contributed by atoms with Gasteiger partial charge in [-0.3, -0.25) is 0 Å². The summed E-state index contributed by atoms with van der Waals surface area (Å²) in [4.78, 5) is 0. The molecule has 0 unspecified atom stereocenters. The van der Waals surface area contributed by atoms with E-state index in [4.69, 9.17) is 0 Å². The number of benzene rings is 2. The lowest BCUT2D eigenvalue weighted by atomic mass is 10.2. The number of nitrogens with one attached hydrogen (secondary N) is 1. The summed E-state index contributed by atoms with van der Waals surface area (Å²) in [6, 6.07) is 19.3. The van der Waals surface area contributed by atoms with Crippen LogP contribution in [0, 0.1) is 0 Å². The molecule has 21 heavy (non-hydrogen) atoms. The van der Waals surface area contributed by atoms with Gasteiger partial charge in [-0.05, 0) is 35.7 Å². The normalized spacial score (nSPS) is 11.1. The van der Waals surface area contributed by atoms with Gasteiger partial charge in [0.2, 0.25) is 0 Å². The molecular weight excluding hydrogens is 324 g/mol. The number of aromatic nitrogens is 1. The van der Waals surface area contributed by atoms with Gasteiger partial charge in [0.05, 0.1) is 0 Å². The highest BCUT2D eigenvalue weighted by molar-refractivity contribution is 9.10.